The van der Waals surface area contributed by atoms with Crippen LogP contribution < -0.4 is 5.56 Å². The van der Waals surface area contributed by atoms with E-state index in [0.29, 0.717) is 5.02 Å². The van der Waals surface area contributed by atoms with Crippen LogP contribution in [0.3, 0.4) is 0 Å². The summed E-state index contributed by atoms with van der Waals surface area (Å²) >= 11 is 13.8. The minimum atomic E-state index is -0.0458. The zero-order valence-electron chi connectivity index (χ0n) is 18.1. The van der Waals surface area contributed by atoms with E-state index in [-0.39, 0.29) is 5.56 Å². The Labute approximate surface area is 206 Å². The average Bonchev–Trinajstić information content (AvgIpc) is 3.29. The molecule has 0 aliphatic carbocycles. The maximum absolute atomic E-state index is 12.4. The first-order valence-corrected chi connectivity index (χ1v) is 11.7. The van der Waals surface area contributed by atoms with Crippen molar-refractivity contribution in [3.8, 4) is 11.1 Å². The standard InChI is InChI=1S/C22H15Cl2NOS.C4H6N2/c1-25-21-10-9-18(27-17-7-5-15(23)6-8-17)12-20(21)19(13-22(25)26)14-3-2-4-16(24)11-14;1-6-3-2-5-4-6/h2-13H,1H3;2-4H,1H3. The Morgan fingerprint density at radius 1 is 0.848 bits per heavy atom. The minimum Gasteiger partial charge on any atom is -0.341 e. The number of benzene rings is 3. The molecule has 33 heavy (non-hydrogen) atoms. The van der Waals surface area contributed by atoms with Crippen LogP contribution in [0.5, 0.6) is 0 Å². The molecule has 0 atom stereocenters. The van der Waals surface area contributed by atoms with Crippen molar-refractivity contribution in [1.29, 1.82) is 0 Å². The fourth-order valence-electron chi connectivity index (χ4n) is 3.36. The summed E-state index contributed by atoms with van der Waals surface area (Å²) in [7, 11) is 3.73. The first kappa shape index (κ1) is 23.2. The number of rotatable bonds is 3. The van der Waals surface area contributed by atoms with E-state index in [4.69, 9.17) is 23.2 Å². The highest BCUT2D eigenvalue weighted by Gasteiger charge is 2.11. The molecule has 0 N–H and O–H groups in total. The molecule has 3 aromatic carbocycles. The van der Waals surface area contributed by atoms with Gasteiger partial charge in [-0.15, -0.1) is 0 Å². The maximum Gasteiger partial charge on any atom is 0.251 e. The summed E-state index contributed by atoms with van der Waals surface area (Å²) in [5.74, 6) is 0. The molecular formula is C26H21Cl2N3OS. The van der Waals surface area contributed by atoms with Crippen molar-refractivity contribution in [3.05, 3.63) is 112 Å². The van der Waals surface area contributed by atoms with E-state index in [1.165, 1.54) is 0 Å². The third kappa shape index (κ3) is 5.69. The Bertz CT molecular complexity index is 1450. The van der Waals surface area contributed by atoms with E-state index < -0.39 is 0 Å². The van der Waals surface area contributed by atoms with Gasteiger partial charge in [0.15, 0.2) is 0 Å². The lowest BCUT2D eigenvalue weighted by Gasteiger charge is -2.12. The van der Waals surface area contributed by atoms with Gasteiger partial charge in [0.05, 0.1) is 11.8 Å². The Morgan fingerprint density at radius 3 is 2.24 bits per heavy atom. The summed E-state index contributed by atoms with van der Waals surface area (Å²) in [4.78, 5) is 18.4. The average molecular weight is 494 g/mol. The van der Waals surface area contributed by atoms with Gasteiger partial charge >= 0.3 is 0 Å². The molecule has 0 amide bonds. The first-order valence-electron chi connectivity index (χ1n) is 10.2. The molecule has 0 aliphatic heterocycles. The number of fused-ring (bicyclic) bond motifs is 1. The zero-order valence-corrected chi connectivity index (χ0v) is 20.4. The molecule has 5 rings (SSSR count). The van der Waals surface area contributed by atoms with Gasteiger partial charge in [-0.3, -0.25) is 4.79 Å². The molecular weight excluding hydrogens is 473 g/mol. The summed E-state index contributed by atoms with van der Waals surface area (Å²) in [6.07, 6.45) is 5.39. The van der Waals surface area contributed by atoms with Gasteiger partial charge in [0, 0.05) is 57.8 Å². The molecule has 4 nitrogen and oxygen atoms in total. The molecule has 0 fully saturated rings. The summed E-state index contributed by atoms with van der Waals surface area (Å²) in [6.45, 7) is 0. The van der Waals surface area contributed by atoms with E-state index in [9.17, 15) is 4.79 Å². The van der Waals surface area contributed by atoms with Gasteiger partial charge in [-0.1, -0.05) is 47.1 Å². The van der Waals surface area contributed by atoms with Crippen molar-refractivity contribution in [2.75, 3.05) is 0 Å². The number of halogens is 2. The van der Waals surface area contributed by atoms with Gasteiger partial charge < -0.3 is 9.13 Å². The highest BCUT2D eigenvalue weighted by molar-refractivity contribution is 7.99. The van der Waals surface area contributed by atoms with E-state index in [2.05, 4.69) is 11.1 Å². The third-order valence-corrected chi connectivity index (χ3v) is 6.52. The highest BCUT2D eigenvalue weighted by Crippen LogP contribution is 2.34. The molecule has 0 spiro atoms. The second-order valence-electron chi connectivity index (χ2n) is 7.43. The fraction of sp³-hybridized carbons (Fsp3) is 0.0769. The SMILES string of the molecule is Cn1c(=O)cc(-c2cccc(Cl)c2)c2cc(Sc3ccc(Cl)cc3)ccc21.Cn1ccnc1. The Kier molecular flexibility index (Phi) is 7.23. The summed E-state index contributed by atoms with van der Waals surface area (Å²) < 4.78 is 3.56. The van der Waals surface area contributed by atoms with Gasteiger partial charge in [-0.2, -0.15) is 0 Å². The first-order chi connectivity index (χ1) is 15.9. The highest BCUT2D eigenvalue weighted by atomic mass is 35.5. The monoisotopic (exact) mass is 493 g/mol. The van der Waals surface area contributed by atoms with Gasteiger partial charge in [-0.25, -0.2) is 4.98 Å². The minimum absolute atomic E-state index is 0.0458. The number of nitrogens with zero attached hydrogens (tertiary/aromatic N) is 3. The van der Waals surface area contributed by atoms with Crippen LogP contribution >= 0.6 is 35.0 Å². The van der Waals surface area contributed by atoms with Crippen molar-refractivity contribution in [3.63, 3.8) is 0 Å². The van der Waals surface area contributed by atoms with Crippen LogP contribution in [0.25, 0.3) is 22.0 Å². The van der Waals surface area contributed by atoms with Crippen LogP contribution in [0.4, 0.5) is 0 Å². The van der Waals surface area contributed by atoms with Crippen LogP contribution in [-0.2, 0) is 14.1 Å². The molecule has 7 heteroatoms. The molecule has 0 bridgehead atoms. The summed E-state index contributed by atoms with van der Waals surface area (Å²) in [6, 6.07) is 23.1. The lowest BCUT2D eigenvalue weighted by molar-refractivity contribution is 0.906. The van der Waals surface area contributed by atoms with Crippen LogP contribution in [0.15, 0.2) is 106 Å². The van der Waals surface area contributed by atoms with Crippen molar-refractivity contribution in [2.24, 2.45) is 14.1 Å². The summed E-state index contributed by atoms with van der Waals surface area (Å²) in [5.41, 5.74) is 2.65. The van der Waals surface area contributed by atoms with Gasteiger partial charge in [0.25, 0.3) is 5.56 Å². The second-order valence-corrected chi connectivity index (χ2v) is 9.45. The van der Waals surface area contributed by atoms with E-state index in [1.807, 2.05) is 78.5 Å². The van der Waals surface area contributed by atoms with Gasteiger partial charge in [0.2, 0.25) is 0 Å². The number of hydrogen-bond donors (Lipinski definition) is 0. The predicted molar refractivity (Wildman–Crippen MR) is 138 cm³/mol. The molecule has 5 aromatic rings. The maximum atomic E-state index is 12.4. The van der Waals surface area contributed by atoms with Crippen molar-refractivity contribution >= 4 is 45.9 Å². The molecule has 166 valence electrons. The normalized spacial score (nSPS) is 10.7. The molecule has 2 aromatic heterocycles. The van der Waals surface area contributed by atoms with Crippen molar-refractivity contribution < 1.29 is 0 Å². The van der Waals surface area contributed by atoms with E-state index in [0.717, 1.165) is 36.8 Å². The quantitative estimate of drug-likeness (QED) is 0.269. The molecule has 2 heterocycles. The van der Waals surface area contributed by atoms with E-state index in [1.54, 1.807) is 42.0 Å². The largest absolute Gasteiger partial charge is 0.341 e. The zero-order chi connectivity index (χ0) is 23.4. The van der Waals surface area contributed by atoms with Crippen LogP contribution in [0, 0.1) is 0 Å². The lowest BCUT2D eigenvalue weighted by Crippen LogP contribution is -2.16. The van der Waals surface area contributed by atoms with Crippen LogP contribution in [0.2, 0.25) is 10.0 Å². The fourth-order valence-corrected chi connectivity index (χ4v) is 4.54. The number of imidazole rings is 1. The van der Waals surface area contributed by atoms with Gasteiger partial charge in [0.1, 0.15) is 0 Å². The summed E-state index contributed by atoms with van der Waals surface area (Å²) in [5, 5.41) is 2.38. The number of aromatic nitrogens is 3. The van der Waals surface area contributed by atoms with Gasteiger partial charge in [-0.05, 0) is 65.7 Å². The Hall–Kier alpha value is -2.99. The van der Waals surface area contributed by atoms with Crippen LogP contribution in [0.1, 0.15) is 0 Å². The Balaban J connectivity index is 0.000000376. The lowest BCUT2D eigenvalue weighted by atomic mass is 10.0. The molecule has 0 aliphatic rings. The smallest absolute Gasteiger partial charge is 0.251 e. The molecule has 0 unspecified atom stereocenters. The molecule has 0 radical (unpaired) electrons. The van der Waals surface area contributed by atoms with Crippen molar-refractivity contribution in [1.82, 2.24) is 14.1 Å². The Morgan fingerprint density at radius 2 is 1.61 bits per heavy atom. The number of aryl methyl sites for hydroxylation is 2. The van der Waals surface area contributed by atoms with E-state index >= 15 is 0 Å². The molecule has 0 saturated carbocycles. The predicted octanol–water partition coefficient (Wildman–Crippen LogP) is 7.08. The second kappa shape index (κ2) is 10.3. The van der Waals surface area contributed by atoms with Crippen LogP contribution in [-0.4, -0.2) is 14.1 Å². The third-order valence-electron chi connectivity index (χ3n) is 5.04. The molecule has 0 saturated heterocycles. The topological polar surface area (TPSA) is 39.8 Å². The van der Waals surface area contributed by atoms with Crippen molar-refractivity contribution in [2.45, 2.75) is 9.79 Å². The number of hydrogen-bond acceptors (Lipinski definition) is 3. The number of pyridine rings is 1.